The summed E-state index contributed by atoms with van der Waals surface area (Å²) in [7, 11) is 0. The first-order valence-electron chi connectivity index (χ1n) is 12.8. The molecule has 8 atom stereocenters. The predicted molar refractivity (Wildman–Crippen MR) is 132 cm³/mol. The average molecular weight is 513 g/mol. The third kappa shape index (κ3) is 3.89. The van der Waals surface area contributed by atoms with Gasteiger partial charge in [0.25, 0.3) is 0 Å². The second-order valence-corrected chi connectivity index (χ2v) is 12.8. The summed E-state index contributed by atoms with van der Waals surface area (Å²) < 4.78 is 1.27. The molecule has 0 saturated heterocycles. The van der Waals surface area contributed by atoms with Crippen molar-refractivity contribution >= 4 is 22.6 Å². The molecule has 0 spiro atoms. The van der Waals surface area contributed by atoms with Gasteiger partial charge >= 0.3 is 0 Å². The molecule has 0 aromatic heterocycles. The lowest BCUT2D eigenvalue weighted by Crippen LogP contribution is -2.52. The molecule has 0 amide bonds. The number of aliphatic hydroxyl groups excluding tert-OH is 1. The summed E-state index contributed by atoms with van der Waals surface area (Å²) >= 11 is 2.68. The Hall–Kier alpha value is 0.430. The summed E-state index contributed by atoms with van der Waals surface area (Å²) in [6.45, 7) is 10.0. The molecule has 0 heterocycles. The lowest BCUT2D eigenvalue weighted by Gasteiger charge is -2.59. The van der Waals surface area contributed by atoms with Crippen molar-refractivity contribution in [3.05, 3.63) is 11.6 Å². The van der Waals surface area contributed by atoms with Gasteiger partial charge in [0.15, 0.2) is 0 Å². The maximum Gasteiger partial charge on any atom is 0.0577 e. The van der Waals surface area contributed by atoms with Crippen LogP contribution in [0.15, 0.2) is 11.6 Å². The second-order valence-electron chi connectivity index (χ2n) is 12.1. The molecular weight excluding hydrogens is 467 g/mol. The van der Waals surface area contributed by atoms with Crippen molar-refractivity contribution < 1.29 is 5.11 Å². The number of allylic oxidation sites excluding steroid dienone is 1. The van der Waals surface area contributed by atoms with Gasteiger partial charge in [0.1, 0.15) is 0 Å². The van der Waals surface area contributed by atoms with Crippen LogP contribution in [0, 0.1) is 46.3 Å². The van der Waals surface area contributed by atoms with Crippen LogP contribution in [0.1, 0.15) is 98.3 Å². The highest BCUT2D eigenvalue weighted by molar-refractivity contribution is 14.1. The van der Waals surface area contributed by atoms with Crippen molar-refractivity contribution in [2.75, 3.05) is 4.43 Å². The fraction of sp³-hybridized carbons (Fsp3) is 0.926. The average Bonchev–Trinajstić information content (AvgIpc) is 3.04. The van der Waals surface area contributed by atoms with Gasteiger partial charge in [-0.3, -0.25) is 0 Å². The Kier molecular flexibility index (Phi) is 6.83. The molecule has 1 nitrogen and oxygen atoms in total. The third-order valence-corrected chi connectivity index (χ3v) is 11.6. The second kappa shape index (κ2) is 8.75. The Morgan fingerprint density at radius 3 is 2.59 bits per heavy atom. The van der Waals surface area contributed by atoms with E-state index in [2.05, 4.69) is 56.4 Å². The van der Waals surface area contributed by atoms with Gasteiger partial charge in [-0.05, 0) is 92.3 Å². The molecule has 4 aliphatic carbocycles. The van der Waals surface area contributed by atoms with Crippen LogP contribution in [0.3, 0.4) is 0 Å². The highest BCUT2D eigenvalue weighted by Crippen LogP contribution is 2.67. The van der Waals surface area contributed by atoms with E-state index in [1.165, 1.54) is 62.2 Å². The molecule has 0 unspecified atom stereocenters. The molecular formula is C27H45IO. The van der Waals surface area contributed by atoms with Crippen LogP contribution in [-0.4, -0.2) is 15.6 Å². The zero-order valence-electron chi connectivity index (χ0n) is 19.4. The molecule has 4 rings (SSSR count). The van der Waals surface area contributed by atoms with Gasteiger partial charge in [0.05, 0.1) is 6.10 Å². The minimum absolute atomic E-state index is 0.0784. The van der Waals surface area contributed by atoms with Gasteiger partial charge in [0, 0.05) is 9.84 Å². The zero-order chi connectivity index (χ0) is 20.8. The van der Waals surface area contributed by atoms with Crippen LogP contribution < -0.4 is 0 Å². The van der Waals surface area contributed by atoms with Gasteiger partial charge in [-0.1, -0.05) is 81.2 Å². The molecule has 3 fully saturated rings. The van der Waals surface area contributed by atoms with E-state index >= 15 is 0 Å². The van der Waals surface area contributed by atoms with Gasteiger partial charge in [-0.25, -0.2) is 0 Å². The quantitative estimate of drug-likeness (QED) is 0.219. The predicted octanol–water partition coefficient (Wildman–Crippen LogP) is 7.80. The minimum Gasteiger partial charge on any atom is -0.393 e. The number of fused-ring (bicyclic) bond motifs is 5. The molecule has 4 aliphatic rings. The van der Waals surface area contributed by atoms with E-state index in [0.29, 0.717) is 10.8 Å². The fourth-order valence-corrected chi connectivity index (χ4v) is 10.1. The van der Waals surface area contributed by atoms with Crippen molar-refractivity contribution in [3.8, 4) is 0 Å². The van der Waals surface area contributed by atoms with E-state index in [1.54, 1.807) is 5.57 Å². The first-order chi connectivity index (χ1) is 13.8. The van der Waals surface area contributed by atoms with E-state index in [9.17, 15) is 5.11 Å². The third-order valence-electron chi connectivity index (χ3n) is 10.2. The summed E-state index contributed by atoms with van der Waals surface area (Å²) in [5.41, 5.74) is 2.65. The molecule has 3 saturated carbocycles. The zero-order valence-corrected chi connectivity index (χ0v) is 21.6. The normalized spacial score (nSPS) is 45.3. The van der Waals surface area contributed by atoms with Crippen molar-refractivity contribution in [1.29, 1.82) is 0 Å². The smallest absolute Gasteiger partial charge is 0.0577 e. The van der Waals surface area contributed by atoms with Gasteiger partial charge in [0.2, 0.25) is 0 Å². The van der Waals surface area contributed by atoms with Crippen molar-refractivity contribution in [1.82, 2.24) is 0 Å². The summed E-state index contributed by atoms with van der Waals surface area (Å²) in [4.78, 5) is 0. The summed E-state index contributed by atoms with van der Waals surface area (Å²) in [6, 6.07) is 0. The van der Waals surface area contributed by atoms with Gasteiger partial charge in [-0.2, -0.15) is 0 Å². The highest BCUT2D eigenvalue weighted by atomic mass is 127. The van der Waals surface area contributed by atoms with Crippen molar-refractivity contribution in [2.24, 2.45) is 46.3 Å². The summed E-state index contributed by atoms with van der Waals surface area (Å²) in [5.74, 6) is 5.46. The number of halogens is 1. The summed E-state index contributed by atoms with van der Waals surface area (Å²) in [5, 5.41) is 10.3. The van der Waals surface area contributed by atoms with Crippen molar-refractivity contribution in [3.63, 3.8) is 0 Å². The molecule has 0 aromatic rings. The molecule has 1 N–H and O–H groups in total. The molecule has 2 heteroatoms. The van der Waals surface area contributed by atoms with Crippen LogP contribution in [0.25, 0.3) is 0 Å². The monoisotopic (exact) mass is 512 g/mol. The number of hydrogen-bond donors (Lipinski definition) is 1. The van der Waals surface area contributed by atoms with Gasteiger partial charge < -0.3 is 5.11 Å². The van der Waals surface area contributed by atoms with E-state index in [0.717, 1.165) is 48.3 Å². The molecule has 0 radical (unpaired) electrons. The molecule has 0 aliphatic heterocycles. The van der Waals surface area contributed by atoms with Crippen LogP contribution in [0.5, 0.6) is 0 Å². The van der Waals surface area contributed by atoms with E-state index in [-0.39, 0.29) is 6.10 Å². The van der Waals surface area contributed by atoms with Crippen LogP contribution >= 0.6 is 22.6 Å². The highest BCUT2D eigenvalue weighted by Gasteiger charge is 2.59. The first-order valence-corrected chi connectivity index (χ1v) is 14.3. The number of alkyl halides is 1. The lowest BCUT2D eigenvalue weighted by molar-refractivity contribution is -0.0548. The lowest BCUT2D eigenvalue weighted by atomic mass is 9.47. The SMILES string of the molecule is CC(C)CCC[C@@H](C)[C@H]1CC[C@@H]2[C@H]3CC=C4C[C@@H](O)CC[C@]4(CI)[C@@H]3CC[C@@]21C. The summed E-state index contributed by atoms with van der Waals surface area (Å²) in [6.07, 6.45) is 17.2. The Morgan fingerprint density at radius 1 is 1.07 bits per heavy atom. The largest absolute Gasteiger partial charge is 0.393 e. The fourth-order valence-electron chi connectivity index (χ4n) is 8.71. The first kappa shape index (κ1) is 22.6. The van der Waals surface area contributed by atoms with E-state index in [4.69, 9.17) is 0 Å². The van der Waals surface area contributed by atoms with Crippen LogP contribution in [-0.2, 0) is 0 Å². The number of hydrogen-bond acceptors (Lipinski definition) is 1. The number of aliphatic hydroxyl groups is 1. The Bertz CT molecular complexity index is 612. The maximum atomic E-state index is 10.3. The Balaban J connectivity index is 1.51. The number of rotatable bonds is 6. The van der Waals surface area contributed by atoms with Crippen LogP contribution in [0.2, 0.25) is 0 Å². The molecule has 29 heavy (non-hydrogen) atoms. The Morgan fingerprint density at radius 2 is 1.86 bits per heavy atom. The van der Waals surface area contributed by atoms with Crippen LogP contribution in [0.4, 0.5) is 0 Å². The molecule has 166 valence electrons. The van der Waals surface area contributed by atoms with Gasteiger partial charge in [-0.15, -0.1) is 0 Å². The van der Waals surface area contributed by atoms with E-state index < -0.39 is 0 Å². The Labute approximate surface area is 194 Å². The minimum atomic E-state index is -0.0784. The van der Waals surface area contributed by atoms with E-state index in [1.807, 2.05) is 0 Å². The van der Waals surface area contributed by atoms with Crippen molar-refractivity contribution in [2.45, 2.75) is 104 Å². The topological polar surface area (TPSA) is 20.2 Å². The molecule has 0 aromatic carbocycles. The molecule has 0 bridgehead atoms. The standard InChI is InChI=1S/C27H45IO/c1-18(2)6-5-7-19(3)23-10-11-24-22-9-8-20-16-21(29)12-15-27(20,17-28)25(22)13-14-26(23,24)4/h8,18-19,21-25,29H,5-7,9-17H2,1-4H3/t19-,21+,22-,23-,24-,25-,26-,27-/m1/s1. The maximum absolute atomic E-state index is 10.3.